The van der Waals surface area contributed by atoms with Crippen LogP contribution in [0.15, 0.2) is 29.3 Å². The molecule has 2 aromatic heterocycles. The van der Waals surface area contributed by atoms with Crippen LogP contribution in [0.2, 0.25) is 0 Å². The van der Waals surface area contributed by atoms with E-state index in [9.17, 15) is 4.79 Å². The third-order valence-corrected chi connectivity index (χ3v) is 2.96. The molecule has 0 fully saturated rings. The van der Waals surface area contributed by atoms with Crippen LogP contribution in [0, 0.1) is 6.92 Å². The molecule has 0 bridgehead atoms. The van der Waals surface area contributed by atoms with Gasteiger partial charge in [0.15, 0.2) is 0 Å². The number of amides is 1. The smallest absolute Gasteiger partial charge is 0.274 e. The summed E-state index contributed by atoms with van der Waals surface area (Å²) in [7, 11) is 1.75. The van der Waals surface area contributed by atoms with Gasteiger partial charge in [-0.2, -0.15) is 0 Å². The number of aromatic nitrogens is 2. The van der Waals surface area contributed by atoms with Gasteiger partial charge in [-0.1, -0.05) is 0 Å². The first-order valence-electron chi connectivity index (χ1n) is 6.12. The summed E-state index contributed by atoms with van der Waals surface area (Å²) >= 11 is 0. The number of nitrogens with two attached hydrogens (primary N) is 1. The maximum absolute atomic E-state index is 12.2. The van der Waals surface area contributed by atoms with Crippen LogP contribution >= 0.6 is 0 Å². The van der Waals surface area contributed by atoms with Crippen LogP contribution in [0.5, 0.6) is 0 Å². The Hall–Kier alpha value is -2.08. The quantitative estimate of drug-likeness (QED) is 0.872. The molecule has 0 aliphatic carbocycles. The van der Waals surface area contributed by atoms with Crippen molar-refractivity contribution in [3.05, 3.63) is 41.9 Å². The molecule has 1 amide bonds. The Labute approximate surface area is 111 Å². The number of carbonyl (C=O) groups is 1. The fourth-order valence-electron chi connectivity index (χ4n) is 1.84. The Balaban J connectivity index is 2.04. The number of rotatable bonds is 5. The number of imidazole rings is 1. The van der Waals surface area contributed by atoms with Crippen LogP contribution in [0.25, 0.3) is 0 Å². The zero-order chi connectivity index (χ0) is 13.8. The summed E-state index contributed by atoms with van der Waals surface area (Å²) < 4.78 is 7.02. The van der Waals surface area contributed by atoms with Gasteiger partial charge in [-0.15, -0.1) is 0 Å². The number of hydrogen-bond acceptors (Lipinski definition) is 4. The minimum absolute atomic E-state index is 0.114. The van der Waals surface area contributed by atoms with Gasteiger partial charge in [-0.3, -0.25) is 4.79 Å². The molecule has 0 spiro atoms. The molecule has 19 heavy (non-hydrogen) atoms. The van der Waals surface area contributed by atoms with E-state index in [0.717, 1.165) is 11.3 Å². The van der Waals surface area contributed by atoms with Crippen LogP contribution in [0.3, 0.4) is 0 Å². The molecule has 0 radical (unpaired) electrons. The number of carbonyl (C=O) groups excluding carboxylic acids is 1. The van der Waals surface area contributed by atoms with E-state index < -0.39 is 0 Å². The van der Waals surface area contributed by atoms with E-state index >= 15 is 0 Å². The minimum Gasteiger partial charge on any atom is -0.469 e. The van der Waals surface area contributed by atoms with E-state index in [1.54, 1.807) is 30.7 Å². The van der Waals surface area contributed by atoms with Gasteiger partial charge >= 0.3 is 0 Å². The lowest BCUT2D eigenvalue weighted by Gasteiger charge is -2.15. The van der Waals surface area contributed by atoms with Crippen molar-refractivity contribution in [1.82, 2.24) is 14.5 Å². The van der Waals surface area contributed by atoms with Gasteiger partial charge in [-0.05, 0) is 13.0 Å². The standard InChI is InChI=1S/C13H18N4O2/c1-10-11(3-6-19-10)7-16(2)13(18)12-8-17(5-4-14)9-15-12/h3,6,8-9H,4-5,7,14H2,1-2H3. The highest BCUT2D eigenvalue weighted by molar-refractivity contribution is 5.91. The Morgan fingerprint density at radius 1 is 1.58 bits per heavy atom. The fourth-order valence-corrected chi connectivity index (χ4v) is 1.84. The highest BCUT2D eigenvalue weighted by Crippen LogP contribution is 2.12. The summed E-state index contributed by atoms with van der Waals surface area (Å²) in [4.78, 5) is 17.9. The summed E-state index contributed by atoms with van der Waals surface area (Å²) in [6.45, 7) is 3.56. The lowest BCUT2D eigenvalue weighted by Crippen LogP contribution is -2.26. The summed E-state index contributed by atoms with van der Waals surface area (Å²) in [5, 5.41) is 0. The van der Waals surface area contributed by atoms with Crippen molar-refractivity contribution < 1.29 is 9.21 Å². The largest absolute Gasteiger partial charge is 0.469 e. The topological polar surface area (TPSA) is 77.3 Å². The number of nitrogens with zero attached hydrogens (tertiary/aromatic N) is 3. The van der Waals surface area contributed by atoms with Crippen molar-refractivity contribution in [2.45, 2.75) is 20.0 Å². The normalized spacial score (nSPS) is 10.7. The summed E-state index contributed by atoms with van der Waals surface area (Å²) in [6, 6.07) is 1.87. The SMILES string of the molecule is Cc1occc1CN(C)C(=O)c1cn(CCN)cn1. The van der Waals surface area contributed by atoms with Gasteiger partial charge in [-0.25, -0.2) is 4.98 Å². The minimum atomic E-state index is -0.114. The van der Waals surface area contributed by atoms with Crippen LogP contribution in [-0.2, 0) is 13.1 Å². The first kappa shape index (κ1) is 13.4. The van der Waals surface area contributed by atoms with Crippen LogP contribution < -0.4 is 5.73 Å². The Kier molecular flexibility index (Phi) is 4.01. The van der Waals surface area contributed by atoms with Crippen molar-refractivity contribution in [2.75, 3.05) is 13.6 Å². The van der Waals surface area contributed by atoms with E-state index in [1.165, 1.54) is 0 Å². The number of aryl methyl sites for hydroxylation is 1. The van der Waals surface area contributed by atoms with Gasteiger partial charge in [0.05, 0.1) is 12.6 Å². The average molecular weight is 262 g/mol. The van der Waals surface area contributed by atoms with E-state index in [4.69, 9.17) is 10.2 Å². The molecule has 0 saturated heterocycles. The third kappa shape index (κ3) is 3.03. The van der Waals surface area contributed by atoms with Crippen molar-refractivity contribution >= 4 is 5.91 Å². The molecule has 2 aromatic rings. The van der Waals surface area contributed by atoms with E-state index in [2.05, 4.69) is 4.98 Å². The van der Waals surface area contributed by atoms with Gasteiger partial charge < -0.3 is 19.6 Å². The zero-order valence-electron chi connectivity index (χ0n) is 11.2. The molecule has 2 heterocycles. The lowest BCUT2D eigenvalue weighted by molar-refractivity contribution is 0.0779. The monoisotopic (exact) mass is 262 g/mol. The van der Waals surface area contributed by atoms with Gasteiger partial charge in [0.1, 0.15) is 11.5 Å². The van der Waals surface area contributed by atoms with E-state index in [0.29, 0.717) is 25.3 Å². The van der Waals surface area contributed by atoms with Crippen molar-refractivity contribution in [2.24, 2.45) is 5.73 Å². The van der Waals surface area contributed by atoms with Gasteiger partial charge in [0.2, 0.25) is 0 Å². The zero-order valence-corrected chi connectivity index (χ0v) is 11.2. The second-order valence-corrected chi connectivity index (χ2v) is 4.45. The Morgan fingerprint density at radius 3 is 3.00 bits per heavy atom. The van der Waals surface area contributed by atoms with Crippen LogP contribution in [0.1, 0.15) is 21.8 Å². The molecular weight excluding hydrogens is 244 g/mol. The average Bonchev–Trinajstić information content (AvgIpc) is 2.99. The molecule has 6 heteroatoms. The summed E-state index contributed by atoms with van der Waals surface area (Å²) in [6.07, 6.45) is 4.96. The van der Waals surface area contributed by atoms with Gasteiger partial charge in [0.25, 0.3) is 5.91 Å². The molecule has 0 atom stereocenters. The molecule has 0 aromatic carbocycles. The summed E-state index contributed by atoms with van der Waals surface area (Å²) in [5.41, 5.74) is 6.88. The van der Waals surface area contributed by atoms with Crippen molar-refractivity contribution in [3.63, 3.8) is 0 Å². The van der Waals surface area contributed by atoms with E-state index in [1.807, 2.05) is 17.6 Å². The fraction of sp³-hybridized carbons (Fsp3) is 0.385. The molecule has 102 valence electrons. The van der Waals surface area contributed by atoms with Gasteiger partial charge in [0, 0.05) is 38.4 Å². The molecule has 0 saturated carbocycles. The lowest BCUT2D eigenvalue weighted by atomic mass is 10.2. The highest BCUT2D eigenvalue weighted by Gasteiger charge is 2.16. The first-order chi connectivity index (χ1) is 9.11. The number of hydrogen-bond donors (Lipinski definition) is 1. The molecular formula is C13H18N4O2. The number of furan rings is 1. The Morgan fingerprint density at radius 2 is 2.37 bits per heavy atom. The predicted molar refractivity (Wildman–Crippen MR) is 70.5 cm³/mol. The maximum Gasteiger partial charge on any atom is 0.274 e. The highest BCUT2D eigenvalue weighted by atomic mass is 16.3. The molecule has 0 unspecified atom stereocenters. The molecule has 0 aliphatic rings. The van der Waals surface area contributed by atoms with Crippen molar-refractivity contribution in [3.8, 4) is 0 Å². The van der Waals surface area contributed by atoms with Crippen molar-refractivity contribution in [1.29, 1.82) is 0 Å². The molecule has 6 nitrogen and oxygen atoms in total. The van der Waals surface area contributed by atoms with Crippen LogP contribution in [-0.4, -0.2) is 34.0 Å². The molecule has 0 aliphatic heterocycles. The predicted octanol–water partition coefficient (Wildman–Crippen LogP) is 1.02. The Bertz CT molecular complexity index is 558. The maximum atomic E-state index is 12.2. The second kappa shape index (κ2) is 5.71. The summed E-state index contributed by atoms with van der Waals surface area (Å²) in [5.74, 6) is 0.713. The third-order valence-electron chi connectivity index (χ3n) is 2.96. The molecule has 2 N–H and O–H groups in total. The first-order valence-corrected chi connectivity index (χ1v) is 6.12. The van der Waals surface area contributed by atoms with Crippen LogP contribution in [0.4, 0.5) is 0 Å². The van der Waals surface area contributed by atoms with E-state index in [-0.39, 0.29) is 5.91 Å². The second-order valence-electron chi connectivity index (χ2n) is 4.45. The molecule has 2 rings (SSSR count).